The van der Waals surface area contributed by atoms with E-state index in [1.165, 1.54) is 19.8 Å². The Labute approximate surface area is 103 Å². The van der Waals surface area contributed by atoms with E-state index in [1.807, 2.05) is 0 Å². The summed E-state index contributed by atoms with van der Waals surface area (Å²) >= 11 is 0. The van der Waals surface area contributed by atoms with Crippen molar-refractivity contribution in [2.75, 3.05) is 26.1 Å². The minimum atomic E-state index is -0.552. The van der Waals surface area contributed by atoms with Crippen LogP contribution in [0.3, 0.4) is 0 Å². The monoisotopic (exact) mass is 253 g/mol. The maximum atomic E-state index is 9.44. The molecule has 0 amide bonds. The third-order valence-corrected chi connectivity index (χ3v) is 2.84. The second-order valence-electron chi connectivity index (χ2n) is 3.79. The van der Waals surface area contributed by atoms with Gasteiger partial charge >= 0.3 is 0 Å². The van der Waals surface area contributed by atoms with Gasteiger partial charge < -0.3 is 25.3 Å². The van der Waals surface area contributed by atoms with Crippen LogP contribution in [0.15, 0.2) is 12.7 Å². The van der Waals surface area contributed by atoms with Gasteiger partial charge in [0.1, 0.15) is 17.9 Å². The largest absolute Gasteiger partial charge is 0.394 e. The quantitative estimate of drug-likeness (QED) is 0.621. The molecule has 2 unspecified atom stereocenters. The van der Waals surface area contributed by atoms with Crippen molar-refractivity contribution >= 4 is 17.0 Å². The molecule has 0 bridgehead atoms. The third kappa shape index (κ3) is 2.01. The van der Waals surface area contributed by atoms with Crippen LogP contribution >= 0.6 is 0 Å². The highest BCUT2D eigenvalue weighted by Gasteiger charge is 2.24. The predicted octanol–water partition coefficient (Wildman–Crippen LogP) is -1.05. The SMILES string of the molecule is COC(CO)C(CO)n1cnc2c(N)ncnc21. The number of fused-ring (bicyclic) bond motifs is 1. The van der Waals surface area contributed by atoms with Gasteiger partial charge in [0.15, 0.2) is 11.5 Å². The highest BCUT2D eigenvalue weighted by atomic mass is 16.5. The zero-order valence-electron chi connectivity index (χ0n) is 9.89. The molecule has 2 heterocycles. The Hall–Kier alpha value is -1.77. The smallest absolute Gasteiger partial charge is 0.165 e. The molecular formula is C10H15N5O3. The Balaban J connectivity index is 2.49. The zero-order chi connectivity index (χ0) is 13.1. The molecule has 0 aromatic carbocycles. The number of imidazole rings is 1. The minimum Gasteiger partial charge on any atom is -0.394 e. The first-order valence-corrected chi connectivity index (χ1v) is 5.40. The van der Waals surface area contributed by atoms with Crippen molar-refractivity contribution in [3.05, 3.63) is 12.7 Å². The summed E-state index contributed by atoms with van der Waals surface area (Å²) in [7, 11) is 1.46. The van der Waals surface area contributed by atoms with Crippen molar-refractivity contribution in [1.29, 1.82) is 0 Å². The van der Waals surface area contributed by atoms with E-state index in [4.69, 9.17) is 10.5 Å². The van der Waals surface area contributed by atoms with Gasteiger partial charge in [0, 0.05) is 7.11 Å². The van der Waals surface area contributed by atoms with E-state index in [0.29, 0.717) is 11.2 Å². The molecule has 0 saturated carbocycles. The molecule has 0 radical (unpaired) electrons. The molecule has 0 spiro atoms. The lowest BCUT2D eigenvalue weighted by atomic mass is 10.2. The molecule has 2 aromatic heterocycles. The van der Waals surface area contributed by atoms with Gasteiger partial charge in [0.05, 0.1) is 25.6 Å². The normalized spacial score (nSPS) is 14.8. The van der Waals surface area contributed by atoms with Crippen LogP contribution in [-0.2, 0) is 4.74 Å². The van der Waals surface area contributed by atoms with Crippen LogP contribution < -0.4 is 5.73 Å². The van der Waals surface area contributed by atoms with Crippen LogP contribution in [0.25, 0.3) is 11.2 Å². The van der Waals surface area contributed by atoms with Crippen molar-refractivity contribution in [2.45, 2.75) is 12.1 Å². The lowest BCUT2D eigenvalue weighted by molar-refractivity contribution is -0.00437. The number of nitrogens with zero attached hydrogens (tertiary/aromatic N) is 4. The van der Waals surface area contributed by atoms with Crippen LogP contribution in [0, 0.1) is 0 Å². The van der Waals surface area contributed by atoms with E-state index in [1.54, 1.807) is 4.57 Å². The second-order valence-corrected chi connectivity index (χ2v) is 3.79. The third-order valence-electron chi connectivity index (χ3n) is 2.84. The van der Waals surface area contributed by atoms with Crippen LogP contribution in [-0.4, -0.2) is 56.2 Å². The maximum absolute atomic E-state index is 9.44. The number of nitrogen functional groups attached to an aromatic ring is 1. The Morgan fingerprint density at radius 3 is 2.72 bits per heavy atom. The number of anilines is 1. The predicted molar refractivity (Wildman–Crippen MR) is 63.7 cm³/mol. The van der Waals surface area contributed by atoms with E-state index >= 15 is 0 Å². The first-order chi connectivity index (χ1) is 8.72. The van der Waals surface area contributed by atoms with Gasteiger partial charge in [-0.05, 0) is 0 Å². The molecule has 2 atom stereocenters. The lowest BCUT2D eigenvalue weighted by Gasteiger charge is -2.23. The molecule has 98 valence electrons. The van der Waals surface area contributed by atoms with Crippen molar-refractivity contribution in [3.8, 4) is 0 Å². The number of hydrogen-bond acceptors (Lipinski definition) is 7. The van der Waals surface area contributed by atoms with E-state index in [2.05, 4.69) is 15.0 Å². The molecule has 0 aliphatic carbocycles. The summed E-state index contributed by atoms with van der Waals surface area (Å²) in [6, 6.07) is -0.487. The first-order valence-electron chi connectivity index (χ1n) is 5.40. The molecule has 2 rings (SSSR count). The molecule has 0 aliphatic rings. The number of aromatic nitrogens is 4. The first kappa shape index (κ1) is 12.7. The molecular weight excluding hydrogens is 238 g/mol. The van der Waals surface area contributed by atoms with E-state index < -0.39 is 12.1 Å². The molecule has 4 N–H and O–H groups in total. The Morgan fingerprint density at radius 2 is 2.11 bits per heavy atom. The molecule has 8 nitrogen and oxygen atoms in total. The van der Waals surface area contributed by atoms with Crippen LogP contribution in [0.5, 0.6) is 0 Å². The molecule has 2 aromatic rings. The number of aliphatic hydroxyl groups is 2. The highest BCUT2D eigenvalue weighted by Crippen LogP contribution is 2.21. The molecule has 8 heteroatoms. The Morgan fingerprint density at radius 1 is 1.33 bits per heavy atom. The number of ether oxygens (including phenoxy) is 1. The summed E-state index contributed by atoms with van der Waals surface area (Å²) in [6.45, 7) is -0.434. The number of rotatable bonds is 5. The summed E-state index contributed by atoms with van der Waals surface area (Å²) in [5.74, 6) is 0.272. The fourth-order valence-corrected chi connectivity index (χ4v) is 1.85. The van der Waals surface area contributed by atoms with Crippen molar-refractivity contribution in [3.63, 3.8) is 0 Å². The van der Waals surface area contributed by atoms with Gasteiger partial charge in [0.25, 0.3) is 0 Å². The maximum Gasteiger partial charge on any atom is 0.165 e. The van der Waals surface area contributed by atoms with Crippen molar-refractivity contribution in [2.24, 2.45) is 0 Å². The van der Waals surface area contributed by atoms with Crippen molar-refractivity contribution in [1.82, 2.24) is 19.5 Å². The average molecular weight is 253 g/mol. The molecule has 18 heavy (non-hydrogen) atoms. The van der Waals surface area contributed by atoms with Crippen LogP contribution in [0.1, 0.15) is 6.04 Å². The lowest BCUT2D eigenvalue weighted by Crippen LogP contribution is -2.31. The second kappa shape index (κ2) is 5.25. The zero-order valence-corrected chi connectivity index (χ0v) is 9.89. The van der Waals surface area contributed by atoms with E-state index in [0.717, 1.165) is 0 Å². The Kier molecular flexibility index (Phi) is 3.70. The fourth-order valence-electron chi connectivity index (χ4n) is 1.85. The molecule has 0 fully saturated rings. The summed E-state index contributed by atoms with van der Waals surface area (Å²) in [6.07, 6.45) is 2.27. The van der Waals surface area contributed by atoms with Gasteiger partial charge in [0.2, 0.25) is 0 Å². The average Bonchev–Trinajstić information content (AvgIpc) is 2.81. The van der Waals surface area contributed by atoms with Gasteiger partial charge in [-0.2, -0.15) is 0 Å². The molecule has 0 saturated heterocycles. The standard InChI is InChI=1S/C10H15N5O3/c1-18-7(3-17)6(2-16)15-5-14-8-9(11)12-4-13-10(8)15/h4-7,16-17H,2-3H2,1H3,(H2,11,12,13). The van der Waals surface area contributed by atoms with Gasteiger partial charge in [-0.15, -0.1) is 0 Å². The topological polar surface area (TPSA) is 119 Å². The fraction of sp³-hybridized carbons (Fsp3) is 0.500. The van der Waals surface area contributed by atoms with Crippen LogP contribution in [0.4, 0.5) is 5.82 Å². The van der Waals surface area contributed by atoms with Gasteiger partial charge in [-0.3, -0.25) is 0 Å². The summed E-state index contributed by atoms with van der Waals surface area (Å²) < 4.78 is 6.74. The highest BCUT2D eigenvalue weighted by molar-refractivity contribution is 5.81. The summed E-state index contributed by atoms with van der Waals surface area (Å²) in [5, 5.41) is 18.7. The number of aliphatic hydroxyl groups excluding tert-OH is 2. The van der Waals surface area contributed by atoms with Gasteiger partial charge in [-0.25, -0.2) is 15.0 Å². The molecule has 0 aliphatic heterocycles. The Bertz CT molecular complexity index is 525. The van der Waals surface area contributed by atoms with Gasteiger partial charge in [-0.1, -0.05) is 0 Å². The van der Waals surface area contributed by atoms with Crippen LogP contribution in [0.2, 0.25) is 0 Å². The van der Waals surface area contributed by atoms with E-state index in [-0.39, 0.29) is 19.0 Å². The number of methoxy groups -OCH3 is 1. The van der Waals surface area contributed by atoms with Crippen molar-refractivity contribution < 1.29 is 14.9 Å². The minimum absolute atomic E-state index is 0.214. The number of hydrogen-bond donors (Lipinski definition) is 3. The summed E-state index contributed by atoms with van der Waals surface area (Å²) in [5.41, 5.74) is 6.64. The summed E-state index contributed by atoms with van der Waals surface area (Å²) in [4.78, 5) is 12.0. The van der Waals surface area contributed by atoms with E-state index in [9.17, 15) is 10.2 Å². The number of nitrogens with two attached hydrogens (primary N) is 1.